The second-order valence-electron chi connectivity index (χ2n) is 3.40. The van der Waals surface area contributed by atoms with Gasteiger partial charge in [-0.25, -0.2) is 0 Å². The van der Waals surface area contributed by atoms with Crippen LogP contribution in [0.15, 0.2) is 4.42 Å². The zero-order valence-electron chi connectivity index (χ0n) is 7.69. The maximum Gasteiger partial charge on any atom is 0.318 e. The third-order valence-electron chi connectivity index (χ3n) is 2.39. The Kier molecular flexibility index (Phi) is 2.88. The van der Waals surface area contributed by atoms with Crippen LogP contribution < -0.4 is 4.90 Å². The van der Waals surface area contributed by atoms with E-state index in [9.17, 15) is 0 Å². The minimum atomic E-state index is 0.215. The molecule has 1 unspecified atom stereocenters. The zero-order valence-corrected chi connectivity index (χ0v) is 8.44. The third kappa shape index (κ3) is 1.83. The first-order valence-corrected chi connectivity index (χ1v) is 5.11. The average Bonchev–Trinajstić information content (AvgIpc) is 2.86. The van der Waals surface area contributed by atoms with Crippen LogP contribution in [0.4, 0.5) is 6.01 Å². The van der Waals surface area contributed by atoms with Gasteiger partial charge in [-0.1, -0.05) is 5.10 Å². The molecule has 14 heavy (non-hydrogen) atoms. The van der Waals surface area contributed by atoms with E-state index in [1.54, 1.807) is 0 Å². The van der Waals surface area contributed by atoms with E-state index < -0.39 is 0 Å². The molecule has 0 spiro atoms. The summed E-state index contributed by atoms with van der Waals surface area (Å²) in [5.41, 5.74) is 0. The maximum absolute atomic E-state index is 8.97. The van der Waals surface area contributed by atoms with Gasteiger partial charge in [-0.15, -0.1) is 16.7 Å². The third-order valence-corrected chi connectivity index (χ3v) is 2.61. The quantitative estimate of drug-likeness (QED) is 0.753. The monoisotopic (exact) mass is 217 g/mol. The van der Waals surface area contributed by atoms with E-state index in [4.69, 9.17) is 21.1 Å². The van der Waals surface area contributed by atoms with Gasteiger partial charge in [0.2, 0.25) is 5.89 Å². The van der Waals surface area contributed by atoms with Crippen LogP contribution in [-0.2, 0) is 5.88 Å². The van der Waals surface area contributed by atoms with Crippen molar-refractivity contribution in [1.29, 1.82) is 0 Å². The van der Waals surface area contributed by atoms with Crippen molar-refractivity contribution in [2.75, 3.05) is 24.6 Å². The Labute approximate surface area is 86.7 Å². The number of aliphatic hydroxyl groups is 1. The first-order valence-electron chi connectivity index (χ1n) is 4.57. The van der Waals surface area contributed by atoms with Gasteiger partial charge in [0.05, 0.1) is 0 Å². The zero-order chi connectivity index (χ0) is 9.97. The van der Waals surface area contributed by atoms with Crippen molar-refractivity contribution in [2.45, 2.75) is 12.3 Å². The number of aliphatic hydroxyl groups excluding tert-OH is 1. The van der Waals surface area contributed by atoms with Crippen molar-refractivity contribution >= 4 is 17.6 Å². The molecular formula is C8H12ClN3O2. The lowest BCUT2D eigenvalue weighted by Crippen LogP contribution is -2.20. The Hall–Kier alpha value is -0.810. The molecule has 0 radical (unpaired) electrons. The van der Waals surface area contributed by atoms with Crippen LogP contribution in [0, 0.1) is 5.92 Å². The largest absolute Gasteiger partial charge is 0.407 e. The first-order chi connectivity index (χ1) is 6.83. The summed E-state index contributed by atoms with van der Waals surface area (Å²) in [5.74, 6) is 1.00. The fraction of sp³-hybridized carbons (Fsp3) is 0.750. The van der Waals surface area contributed by atoms with Gasteiger partial charge in [0.25, 0.3) is 0 Å². The molecule has 1 N–H and O–H groups in total. The molecule has 0 bridgehead atoms. The molecule has 78 valence electrons. The molecule has 1 saturated heterocycles. The van der Waals surface area contributed by atoms with E-state index >= 15 is 0 Å². The van der Waals surface area contributed by atoms with Crippen molar-refractivity contribution in [3.8, 4) is 0 Å². The standard InChI is InChI=1S/C8H12ClN3O2/c9-3-7-10-11-8(14-7)12-2-1-6(4-12)5-13/h6,13H,1-5H2. The van der Waals surface area contributed by atoms with Crippen LogP contribution in [0.25, 0.3) is 0 Å². The lowest BCUT2D eigenvalue weighted by Gasteiger charge is -2.11. The van der Waals surface area contributed by atoms with Crippen LogP contribution in [0.5, 0.6) is 0 Å². The predicted octanol–water partition coefficient (Wildman–Crippen LogP) is 0.627. The number of hydrogen-bond donors (Lipinski definition) is 1. The van der Waals surface area contributed by atoms with Crippen molar-refractivity contribution in [3.05, 3.63) is 5.89 Å². The molecule has 2 rings (SSSR count). The van der Waals surface area contributed by atoms with Gasteiger partial charge in [-0.05, 0) is 6.42 Å². The molecule has 0 saturated carbocycles. The lowest BCUT2D eigenvalue weighted by atomic mass is 10.1. The molecule has 2 heterocycles. The Morgan fingerprint density at radius 3 is 3.00 bits per heavy atom. The molecule has 6 heteroatoms. The molecule has 1 aromatic heterocycles. The second-order valence-corrected chi connectivity index (χ2v) is 3.66. The number of nitrogens with zero attached hydrogens (tertiary/aromatic N) is 3. The minimum Gasteiger partial charge on any atom is -0.407 e. The van der Waals surface area contributed by atoms with E-state index in [0.29, 0.717) is 17.8 Å². The molecule has 5 nitrogen and oxygen atoms in total. The Balaban J connectivity index is 2.02. The second kappa shape index (κ2) is 4.14. The van der Waals surface area contributed by atoms with Gasteiger partial charge in [-0.2, -0.15) is 0 Å². The van der Waals surface area contributed by atoms with Gasteiger partial charge in [0, 0.05) is 25.6 Å². The van der Waals surface area contributed by atoms with Gasteiger partial charge in [0.1, 0.15) is 5.88 Å². The number of anilines is 1. The number of hydrogen-bond acceptors (Lipinski definition) is 5. The van der Waals surface area contributed by atoms with Crippen molar-refractivity contribution in [1.82, 2.24) is 10.2 Å². The molecular weight excluding hydrogens is 206 g/mol. The fourth-order valence-electron chi connectivity index (χ4n) is 1.58. The Bertz CT molecular complexity index is 305. The number of rotatable bonds is 3. The molecule has 0 amide bonds. The first kappa shape index (κ1) is 9.73. The topological polar surface area (TPSA) is 62.4 Å². The summed E-state index contributed by atoms with van der Waals surface area (Å²) in [6, 6.07) is 0.511. The Morgan fingerprint density at radius 2 is 2.43 bits per heavy atom. The normalized spacial score (nSPS) is 21.9. The lowest BCUT2D eigenvalue weighted by molar-refractivity contribution is 0.238. The van der Waals surface area contributed by atoms with Crippen molar-refractivity contribution in [2.24, 2.45) is 5.92 Å². The highest BCUT2D eigenvalue weighted by Crippen LogP contribution is 2.22. The summed E-state index contributed by atoms with van der Waals surface area (Å²) in [5, 5.41) is 16.6. The fourth-order valence-corrected chi connectivity index (χ4v) is 1.69. The van der Waals surface area contributed by atoms with Gasteiger partial charge in [0.15, 0.2) is 0 Å². The number of alkyl halides is 1. The molecule has 0 aliphatic carbocycles. The van der Waals surface area contributed by atoms with Crippen LogP contribution in [-0.4, -0.2) is 35.0 Å². The van der Waals surface area contributed by atoms with Gasteiger partial charge >= 0.3 is 6.01 Å². The summed E-state index contributed by atoms with van der Waals surface area (Å²) >= 11 is 5.55. The van der Waals surface area contributed by atoms with E-state index in [-0.39, 0.29) is 12.5 Å². The summed E-state index contributed by atoms with van der Waals surface area (Å²) in [7, 11) is 0. The minimum absolute atomic E-state index is 0.215. The highest BCUT2D eigenvalue weighted by molar-refractivity contribution is 6.16. The van der Waals surface area contributed by atoms with Crippen LogP contribution >= 0.6 is 11.6 Å². The molecule has 1 fully saturated rings. The van der Waals surface area contributed by atoms with E-state index in [1.165, 1.54) is 0 Å². The molecule has 1 aromatic rings. The summed E-state index contributed by atoms with van der Waals surface area (Å²) in [4.78, 5) is 1.98. The van der Waals surface area contributed by atoms with E-state index in [1.807, 2.05) is 4.90 Å². The van der Waals surface area contributed by atoms with Crippen LogP contribution in [0.1, 0.15) is 12.3 Å². The highest BCUT2D eigenvalue weighted by atomic mass is 35.5. The van der Waals surface area contributed by atoms with Crippen LogP contribution in [0.3, 0.4) is 0 Å². The predicted molar refractivity (Wildman–Crippen MR) is 51.3 cm³/mol. The number of aromatic nitrogens is 2. The maximum atomic E-state index is 8.97. The summed E-state index contributed by atoms with van der Waals surface area (Å²) < 4.78 is 5.30. The van der Waals surface area contributed by atoms with Crippen molar-refractivity contribution < 1.29 is 9.52 Å². The van der Waals surface area contributed by atoms with E-state index in [0.717, 1.165) is 19.5 Å². The number of halogens is 1. The summed E-state index contributed by atoms with van der Waals surface area (Å²) in [6.45, 7) is 1.85. The van der Waals surface area contributed by atoms with Crippen molar-refractivity contribution in [3.63, 3.8) is 0 Å². The molecule has 0 aromatic carbocycles. The average molecular weight is 218 g/mol. The smallest absolute Gasteiger partial charge is 0.318 e. The summed E-state index contributed by atoms with van der Waals surface area (Å²) in [6.07, 6.45) is 0.967. The van der Waals surface area contributed by atoms with Gasteiger partial charge in [-0.3, -0.25) is 0 Å². The molecule has 1 aliphatic heterocycles. The van der Waals surface area contributed by atoms with Gasteiger partial charge < -0.3 is 14.4 Å². The molecule has 1 aliphatic rings. The van der Waals surface area contributed by atoms with E-state index in [2.05, 4.69) is 10.2 Å². The SMILES string of the molecule is OCC1CCN(c2nnc(CCl)o2)C1. The van der Waals surface area contributed by atoms with Crippen LogP contribution in [0.2, 0.25) is 0 Å². The highest BCUT2D eigenvalue weighted by Gasteiger charge is 2.25. The molecule has 1 atom stereocenters. The Morgan fingerprint density at radius 1 is 1.57 bits per heavy atom.